The maximum atomic E-state index is 12.6. The number of aliphatic hydroxyl groups is 1. The summed E-state index contributed by atoms with van der Waals surface area (Å²) in [6.07, 6.45) is 10.9. The van der Waals surface area contributed by atoms with Crippen LogP contribution in [0.25, 0.3) is 0 Å². The lowest BCUT2D eigenvalue weighted by atomic mass is 9.49. The first kappa shape index (κ1) is 17.2. The molecule has 4 rings (SSSR count). The molecule has 2 unspecified atom stereocenters. The van der Waals surface area contributed by atoms with Crippen LogP contribution in [0.4, 0.5) is 0 Å². The zero-order valence-electron chi connectivity index (χ0n) is 15.7. The predicted octanol–water partition coefficient (Wildman–Crippen LogP) is 4.01. The van der Waals surface area contributed by atoms with E-state index in [4.69, 9.17) is 0 Å². The van der Waals surface area contributed by atoms with Crippen molar-refractivity contribution in [3.05, 3.63) is 23.3 Å². The van der Waals surface area contributed by atoms with Crippen LogP contribution in [0.3, 0.4) is 0 Å². The average molecular weight is 342 g/mol. The normalized spacial score (nSPS) is 45.8. The van der Waals surface area contributed by atoms with Gasteiger partial charge in [-0.2, -0.15) is 0 Å². The van der Waals surface area contributed by atoms with Crippen LogP contribution in [0.5, 0.6) is 0 Å². The largest absolute Gasteiger partial charge is 0.389 e. The van der Waals surface area contributed by atoms with Gasteiger partial charge in [0.25, 0.3) is 0 Å². The molecule has 0 aliphatic heterocycles. The molecule has 4 aliphatic rings. The summed E-state index contributed by atoms with van der Waals surface area (Å²) in [5, 5.41) is 9.51. The lowest BCUT2D eigenvalue weighted by Crippen LogP contribution is -2.49. The van der Waals surface area contributed by atoms with E-state index in [1.54, 1.807) is 5.57 Å². The van der Waals surface area contributed by atoms with Gasteiger partial charge in [0.15, 0.2) is 11.6 Å². The van der Waals surface area contributed by atoms with Crippen LogP contribution in [0, 0.1) is 28.1 Å². The summed E-state index contributed by atoms with van der Waals surface area (Å²) in [5.41, 5.74) is 2.47. The molecule has 0 heterocycles. The molecule has 3 nitrogen and oxygen atoms in total. The number of rotatable bonds is 2. The van der Waals surface area contributed by atoms with Gasteiger partial charge in [-0.25, -0.2) is 0 Å². The molecule has 0 saturated heterocycles. The van der Waals surface area contributed by atoms with Crippen molar-refractivity contribution in [1.29, 1.82) is 0 Å². The van der Waals surface area contributed by atoms with Gasteiger partial charge < -0.3 is 5.11 Å². The van der Waals surface area contributed by atoms with Crippen LogP contribution < -0.4 is 0 Å². The minimum Gasteiger partial charge on any atom is -0.389 e. The summed E-state index contributed by atoms with van der Waals surface area (Å²) in [4.78, 5) is 24.5. The zero-order chi connectivity index (χ0) is 18.0. The Hall–Kier alpha value is -1.22. The molecule has 1 N–H and O–H groups in total. The van der Waals surface area contributed by atoms with Crippen LogP contribution in [0.2, 0.25) is 0 Å². The van der Waals surface area contributed by atoms with Crippen molar-refractivity contribution in [3.8, 4) is 0 Å². The molecule has 4 aliphatic carbocycles. The third-order valence-corrected chi connectivity index (χ3v) is 8.70. The van der Waals surface area contributed by atoms with E-state index in [0.29, 0.717) is 18.3 Å². The van der Waals surface area contributed by atoms with Crippen molar-refractivity contribution in [3.63, 3.8) is 0 Å². The fourth-order valence-electron chi connectivity index (χ4n) is 6.74. The molecule has 25 heavy (non-hydrogen) atoms. The fraction of sp³-hybridized carbons (Fsp3) is 0.727. The van der Waals surface area contributed by atoms with Gasteiger partial charge in [-0.05, 0) is 61.9 Å². The van der Waals surface area contributed by atoms with E-state index >= 15 is 0 Å². The van der Waals surface area contributed by atoms with E-state index < -0.39 is 5.41 Å². The van der Waals surface area contributed by atoms with Gasteiger partial charge in [-0.3, -0.25) is 9.59 Å². The first-order valence-electron chi connectivity index (χ1n) is 9.85. The molecule has 0 aromatic rings. The number of aliphatic hydroxyl groups excluding tert-OH is 1. The highest BCUT2D eigenvalue weighted by atomic mass is 16.3. The van der Waals surface area contributed by atoms with Crippen molar-refractivity contribution in [2.45, 2.75) is 65.7 Å². The highest BCUT2D eigenvalue weighted by Gasteiger charge is 2.62. The Kier molecular flexibility index (Phi) is 3.71. The van der Waals surface area contributed by atoms with Crippen LogP contribution in [0.1, 0.15) is 65.7 Å². The van der Waals surface area contributed by atoms with Crippen molar-refractivity contribution < 1.29 is 14.7 Å². The maximum Gasteiger partial charge on any atom is 0.164 e. The third-order valence-electron chi connectivity index (χ3n) is 8.70. The van der Waals surface area contributed by atoms with E-state index in [9.17, 15) is 14.7 Å². The van der Waals surface area contributed by atoms with Gasteiger partial charge in [0, 0.05) is 17.3 Å². The second-order valence-corrected chi connectivity index (χ2v) is 9.45. The molecule has 136 valence electrons. The molecule has 0 amide bonds. The molecule has 3 heteroatoms. The number of hydrogen-bond donors (Lipinski definition) is 1. The minimum absolute atomic E-state index is 0.0141. The Morgan fingerprint density at radius 3 is 2.68 bits per heavy atom. The molecule has 0 spiro atoms. The van der Waals surface area contributed by atoms with Gasteiger partial charge >= 0.3 is 0 Å². The number of Topliss-reactive ketones (excluding diaryl/α,β-unsaturated/α-hetero) is 1. The van der Waals surface area contributed by atoms with Gasteiger partial charge in [0.1, 0.15) is 6.61 Å². The summed E-state index contributed by atoms with van der Waals surface area (Å²) in [5.74, 6) is 1.35. The van der Waals surface area contributed by atoms with Gasteiger partial charge in [0.05, 0.1) is 0 Å². The molecule has 0 aromatic heterocycles. The van der Waals surface area contributed by atoms with Gasteiger partial charge in [0.2, 0.25) is 0 Å². The second kappa shape index (κ2) is 5.39. The molecular weight excluding hydrogens is 312 g/mol. The Bertz CT molecular complexity index is 702. The van der Waals surface area contributed by atoms with Crippen LogP contribution in [0.15, 0.2) is 23.3 Å². The van der Waals surface area contributed by atoms with E-state index in [0.717, 1.165) is 38.5 Å². The van der Waals surface area contributed by atoms with E-state index in [1.165, 1.54) is 5.57 Å². The number of hydrogen-bond acceptors (Lipinski definition) is 3. The minimum atomic E-state index is -0.409. The monoisotopic (exact) mass is 342 g/mol. The zero-order valence-corrected chi connectivity index (χ0v) is 15.7. The SMILES string of the molecule is C[C@]12CCC(=O)C=C1CCC1C2=CC[C@@]2(C)C1CC[C@]2(C)C(=O)CO. The van der Waals surface area contributed by atoms with Crippen molar-refractivity contribution in [2.24, 2.45) is 28.1 Å². The van der Waals surface area contributed by atoms with Crippen LogP contribution in [-0.2, 0) is 9.59 Å². The summed E-state index contributed by atoms with van der Waals surface area (Å²) >= 11 is 0. The Balaban J connectivity index is 1.75. The first-order chi connectivity index (χ1) is 11.8. The Morgan fingerprint density at radius 2 is 1.96 bits per heavy atom. The number of allylic oxidation sites excluding steroid dienone is 4. The fourth-order valence-corrected chi connectivity index (χ4v) is 6.74. The van der Waals surface area contributed by atoms with E-state index in [-0.39, 0.29) is 29.0 Å². The molecular formula is C22H30O3. The van der Waals surface area contributed by atoms with Crippen molar-refractivity contribution in [2.75, 3.05) is 6.61 Å². The molecule has 5 atom stereocenters. The number of carbonyl (C=O) groups is 2. The van der Waals surface area contributed by atoms with Gasteiger partial charge in [-0.15, -0.1) is 0 Å². The molecule has 0 radical (unpaired) electrons. The number of carbonyl (C=O) groups excluding carboxylic acids is 2. The Labute approximate surface area is 150 Å². The summed E-state index contributed by atoms with van der Waals surface area (Å²) in [6.45, 7) is 6.36. The Morgan fingerprint density at radius 1 is 1.20 bits per heavy atom. The molecule has 2 fully saturated rings. The van der Waals surface area contributed by atoms with Crippen LogP contribution >= 0.6 is 0 Å². The van der Waals surface area contributed by atoms with Gasteiger partial charge in [-0.1, -0.05) is 38.0 Å². The average Bonchev–Trinajstić information content (AvgIpc) is 2.87. The third kappa shape index (κ3) is 2.08. The van der Waals surface area contributed by atoms with E-state index in [2.05, 4.69) is 26.8 Å². The second-order valence-electron chi connectivity index (χ2n) is 9.45. The highest BCUT2D eigenvalue weighted by molar-refractivity contribution is 5.92. The predicted molar refractivity (Wildman–Crippen MR) is 96.9 cm³/mol. The smallest absolute Gasteiger partial charge is 0.164 e. The molecule has 0 bridgehead atoms. The summed E-state index contributed by atoms with van der Waals surface area (Å²) in [6, 6.07) is 0. The highest BCUT2D eigenvalue weighted by Crippen LogP contribution is 2.68. The first-order valence-corrected chi connectivity index (χ1v) is 9.85. The lowest BCUT2D eigenvalue weighted by molar-refractivity contribution is -0.138. The number of ketones is 2. The number of fused-ring (bicyclic) bond motifs is 5. The van der Waals surface area contributed by atoms with Crippen molar-refractivity contribution in [1.82, 2.24) is 0 Å². The lowest BCUT2D eigenvalue weighted by Gasteiger charge is -2.55. The quantitative estimate of drug-likeness (QED) is 0.772. The maximum absolute atomic E-state index is 12.6. The standard InChI is InChI=1S/C22H30O3/c1-20-9-6-15(24)12-14(20)4-5-16-17(20)7-10-21(2)18(16)8-11-22(21,3)19(25)13-23/h7,12,16,18,23H,4-6,8-11,13H2,1-3H3/t16?,18?,20-,21-,22+/m0/s1. The van der Waals surface area contributed by atoms with Crippen molar-refractivity contribution >= 4 is 11.6 Å². The van der Waals surface area contributed by atoms with E-state index in [1.807, 2.05) is 6.08 Å². The molecule has 2 saturated carbocycles. The summed E-state index contributed by atoms with van der Waals surface area (Å²) in [7, 11) is 0. The summed E-state index contributed by atoms with van der Waals surface area (Å²) < 4.78 is 0. The topological polar surface area (TPSA) is 54.4 Å². The molecule has 0 aromatic carbocycles. The van der Waals surface area contributed by atoms with Crippen LogP contribution in [-0.4, -0.2) is 23.3 Å².